The van der Waals surface area contributed by atoms with E-state index in [1.807, 2.05) is 23.9 Å². The number of amides is 1. The van der Waals surface area contributed by atoms with E-state index < -0.39 is 0 Å². The number of hydrogen-bond donors (Lipinski definition) is 3. The van der Waals surface area contributed by atoms with Gasteiger partial charge in [0.25, 0.3) is 5.91 Å². The zero-order chi connectivity index (χ0) is 13.9. The minimum Gasteiger partial charge on any atom is -0.395 e. The molecule has 1 aromatic rings. The molecule has 1 rings (SSSR count). The second kappa shape index (κ2) is 9.69. The van der Waals surface area contributed by atoms with Gasteiger partial charge >= 0.3 is 0 Å². The summed E-state index contributed by atoms with van der Waals surface area (Å²) in [6, 6.07) is 7.38. The third-order valence-corrected chi connectivity index (χ3v) is 3.53. The molecule has 0 spiro atoms. The Morgan fingerprint density at radius 3 is 2.63 bits per heavy atom. The number of nitrogens with one attached hydrogen (secondary N) is 2. The van der Waals surface area contributed by atoms with E-state index in [0.29, 0.717) is 5.56 Å². The molecule has 4 nitrogen and oxygen atoms in total. The van der Waals surface area contributed by atoms with Gasteiger partial charge in [-0.15, -0.1) is 0 Å². The molecule has 106 valence electrons. The molecule has 0 aromatic heterocycles. The molecule has 0 radical (unpaired) electrons. The highest BCUT2D eigenvalue weighted by atomic mass is 32.2. The molecule has 19 heavy (non-hydrogen) atoms. The number of carbonyl (C=O) groups excluding carboxylic acids is 1. The second-order valence-electron chi connectivity index (χ2n) is 4.03. The highest BCUT2D eigenvalue weighted by molar-refractivity contribution is 7.99. The maximum absolute atomic E-state index is 11.6. The maximum Gasteiger partial charge on any atom is 0.251 e. The quantitative estimate of drug-likeness (QED) is 0.606. The highest BCUT2D eigenvalue weighted by Gasteiger charge is 2.03. The molecule has 0 heterocycles. The van der Waals surface area contributed by atoms with E-state index in [1.165, 1.54) is 5.75 Å². The van der Waals surface area contributed by atoms with Crippen molar-refractivity contribution in [1.29, 1.82) is 0 Å². The minimum absolute atomic E-state index is 0.0405. The summed E-state index contributed by atoms with van der Waals surface area (Å²) in [6.07, 6.45) is 1.14. The lowest BCUT2D eigenvalue weighted by Gasteiger charge is -2.07. The Balaban J connectivity index is 2.32. The highest BCUT2D eigenvalue weighted by Crippen LogP contribution is 2.10. The Labute approximate surface area is 119 Å². The van der Waals surface area contributed by atoms with Crippen molar-refractivity contribution in [3.05, 3.63) is 29.8 Å². The number of carbonyl (C=O) groups is 1. The van der Waals surface area contributed by atoms with E-state index >= 15 is 0 Å². The van der Waals surface area contributed by atoms with Gasteiger partial charge in [-0.05, 0) is 42.2 Å². The van der Waals surface area contributed by atoms with Crippen LogP contribution < -0.4 is 10.6 Å². The summed E-state index contributed by atoms with van der Waals surface area (Å²) < 4.78 is 0. The normalized spacial score (nSPS) is 10.2. The predicted octanol–water partition coefficient (Wildman–Crippen LogP) is 1.96. The van der Waals surface area contributed by atoms with Gasteiger partial charge in [-0.2, -0.15) is 11.8 Å². The molecule has 0 saturated heterocycles. The van der Waals surface area contributed by atoms with Crippen molar-refractivity contribution in [2.24, 2.45) is 0 Å². The van der Waals surface area contributed by atoms with E-state index in [4.69, 9.17) is 5.11 Å². The second-order valence-corrected chi connectivity index (χ2v) is 5.43. The molecule has 1 aromatic carbocycles. The van der Waals surface area contributed by atoms with E-state index in [2.05, 4.69) is 17.6 Å². The Morgan fingerprint density at radius 2 is 2.00 bits per heavy atom. The van der Waals surface area contributed by atoms with Gasteiger partial charge in [0.15, 0.2) is 0 Å². The van der Waals surface area contributed by atoms with E-state index in [1.54, 1.807) is 12.1 Å². The smallest absolute Gasteiger partial charge is 0.251 e. The van der Waals surface area contributed by atoms with Crippen molar-refractivity contribution < 1.29 is 9.90 Å². The molecule has 0 unspecified atom stereocenters. The molecular formula is C14H22N2O2S. The number of rotatable bonds is 9. The Hall–Kier alpha value is -1.20. The topological polar surface area (TPSA) is 61.4 Å². The van der Waals surface area contributed by atoms with Gasteiger partial charge in [0.05, 0.1) is 6.61 Å². The summed E-state index contributed by atoms with van der Waals surface area (Å²) in [7, 11) is 0. The lowest BCUT2D eigenvalue weighted by Crippen LogP contribution is -2.26. The van der Waals surface area contributed by atoms with Gasteiger partial charge in [0.1, 0.15) is 0 Å². The standard InChI is InChI=1S/C14H22N2O2S/c1-2-19-11-3-8-15-13-6-4-12(5-7-13)14(18)16-9-10-17/h4-7,15,17H,2-3,8-11H2,1H3,(H,16,18). The van der Waals surface area contributed by atoms with Gasteiger partial charge < -0.3 is 15.7 Å². The first-order valence-corrected chi connectivity index (χ1v) is 7.74. The fourth-order valence-electron chi connectivity index (χ4n) is 1.56. The number of aliphatic hydroxyl groups excluding tert-OH is 1. The molecule has 0 aliphatic rings. The van der Waals surface area contributed by atoms with Crippen LogP contribution in [-0.2, 0) is 0 Å². The SMILES string of the molecule is CCSCCCNc1ccc(C(=O)NCCO)cc1. The van der Waals surface area contributed by atoms with Crippen molar-refractivity contribution in [2.45, 2.75) is 13.3 Å². The molecule has 1 amide bonds. The largest absolute Gasteiger partial charge is 0.395 e. The van der Waals surface area contributed by atoms with E-state index in [-0.39, 0.29) is 19.1 Å². The van der Waals surface area contributed by atoms with Crippen molar-refractivity contribution in [3.63, 3.8) is 0 Å². The van der Waals surface area contributed by atoms with Crippen LogP contribution in [0.3, 0.4) is 0 Å². The fourth-order valence-corrected chi connectivity index (χ4v) is 2.20. The average molecular weight is 282 g/mol. The lowest BCUT2D eigenvalue weighted by molar-refractivity contribution is 0.0945. The van der Waals surface area contributed by atoms with Crippen molar-refractivity contribution in [3.8, 4) is 0 Å². The first kappa shape index (κ1) is 15.9. The molecule has 0 fully saturated rings. The van der Waals surface area contributed by atoms with Crippen LogP contribution in [0, 0.1) is 0 Å². The Morgan fingerprint density at radius 1 is 1.26 bits per heavy atom. The van der Waals surface area contributed by atoms with Gasteiger partial charge in [-0.3, -0.25) is 4.79 Å². The summed E-state index contributed by atoms with van der Waals surface area (Å²) in [5.41, 5.74) is 1.64. The molecule has 0 aliphatic heterocycles. The van der Waals surface area contributed by atoms with Crippen LogP contribution in [0.1, 0.15) is 23.7 Å². The maximum atomic E-state index is 11.6. The van der Waals surface area contributed by atoms with Gasteiger partial charge in [0.2, 0.25) is 0 Å². The number of benzene rings is 1. The van der Waals surface area contributed by atoms with Gasteiger partial charge in [-0.25, -0.2) is 0 Å². The fraction of sp³-hybridized carbons (Fsp3) is 0.500. The lowest BCUT2D eigenvalue weighted by atomic mass is 10.2. The Kier molecular flexibility index (Phi) is 8.09. The molecular weight excluding hydrogens is 260 g/mol. The summed E-state index contributed by atoms with van der Waals surface area (Å²) >= 11 is 1.94. The Bertz CT molecular complexity index is 368. The zero-order valence-electron chi connectivity index (χ0n) is 11.3. The van der Waals surface area contributed by atoms with Crippen molar-refractivity contribution in [1.82, 2.24) is 5.32 Å². The van der Waals surface area contributed by atoms with Crippen LogP contribution in [0.2, 0.25) is 0 Å². The first-order valence-electron chi connectivity index (χ1n) is 6.58. The van der Waals surface area contributed by atoms with Crippen LogP contribution >= 0.6 is 11.8 Å². The van der Waals surface area contributed by atoms with Gasteiger partial charge in [0, 0.05) is 24.3 Å². The summed E-state index contributed by atoms with van der Waals surface area (Å²) in [5.74, 6) is 2.18. The summed E-state index contributed by atoms with van der Waals surface area (Å²) in [5, 5.41) is 14.6. The number of aliphatic hydroxyl groups is 1. The van der Waals surface area contributed by atoms with Crippen LogP contribution in [0.5, 0.6) is 0 Å². The molecule has 0 bridgehead atoms. The molecule has 0 aliphatic carbocycles. The van der Waals surface area contributed by atoms with Crippen LogP contribution in [-0.4, -0.2) is 42.2 Å². The van der Waals surface area contributed by atoms with E-state index in [0.717, 1.165) is 24.4 Å². The zero-order valence-corrected chi connectivity index (χ0v) is 12.1. The predicted molar refractivity (Wildman–Crippen MR) is 82.0 cm³/mol. The third-order valence-electron chi connectivity index (χ3n) is 2.54. The molecule has 3 N–H and O–H groups in total. The number of anilines is 1. The van der Waals surface area contributed by atoms with Crippen LogP contribution in [0.15, 0.2) is 24.3 Å². The average Bonchev–Trinajstić information content (AvgIpc) is 2.45. The summed E-state index contributed by atoms with van der Waals surface area (Å²) in [6.45, 7) is 3.36. The molecule has 5 heteroatoms. The van der Waals surface area contributed by atoms with E-state index in [9.17, 15) is 4.79 Å². The third kappa shape index (κ3) is 6.50. The number of thioether (sulfide) groups is 1. The van der Waals surface area contributed by atoms with Crippen molar-refractivity contribution >= 4 is 23.4 Å². The molecule has 0 saturated carbocycles. The number of hydrogen-bond acceptors (Lipinski definition) is 4. The minimum atomic E-state index is -0.153. The van der Waals surface area contributed by atoms with Gasteiger partial charge in [-0.1, -0.05) is 6.92 Å². The monoisotopic (exact) mass is 282 g/mol. The van der Waals surface area contributed by atoms with Crippen LogP contribution in [0.4, 0.5) is 5.69 Å². The van der Waals surface area contributed by atoms with Crippen molar-refractivity contribution in [2.75, 3.05) is 36.5 Å². The van der Waals surface area contributed by atoms with Crippen LogP contribution in [0.25, 0.3) is 0 Å². The summed E-state index contributed by atoms with van der Waals surface area (Å²) in [4.78, 5) is 11.6. The molecule has 0 atom stereocenters. The first-order chi connectivity index (χ1) is 9.27.